The van der Waals surface area contributed by atoms with E-state index in [4.69, 9.17) is 16.7 Å². The summed E-state index contributed by atoms with van der Waals surface area (Å²) in [4.78, 5) is 0. The molecule has 1 nitrogen and oxygen atoms in total. The summed E-state index contributed by atoms with van der Waals surface area (Å²) in [7, 11) is 0. The van der Waals surface area contributed by atoms with E-state index in [1.807, 2.05) is 24.3 Å². The Kier molecular flexibility index (Phi) is 3.50. The number of hydrogen-bond donors (Lipinski definition) is 1. The zero-order valence-corrected chi connectivity index (χ0v) is 8.03. The van der Waals surface area contributed by atoms with E-state index in [1.165, 1.54) is 0 Å². The van der Waals surface area contributed by atoms with Crippen LogP contribution in [-0.2, 0) is 6.42 Å². The van der Waals surface area contributed by atoms with Gasteiger partial charge in [0.2, 0.25) is 0 Å². The predicted molar refractivity (Wildman–Crippen MR) is 55.0 cm³/mol. The van der Waals surface area contributed by atoms with Crippen molar-refractivity contribution in [2.45, 2.75) is 12.8 Å². The van der Waals surface area contributed by atoms with Gasteiger partial charge in [0.1, 0.15) is 0 Å². The first-order chi connectivity index (χ1) is 5.68. The van der Waals surface area contributed by atoms with E-state index < -0.39 is 0 Å². The molecule has 0 saturated heterocycles. The van der Waals surface area contributed by atoms with Crippen molar-refractivity contribution < 1.29 is 5.11 Å². The molecule has 12 heavy (non-hydrogen) atoms. The third-order valence-electron chi connectivity index (χ3n) is 1.54. The average molecular weight is 201 g/mol. The van der Waals surface area contributed by atoms with Gasteiger partial charge < -0.3 is 5.11 Å². The second-order valence-corrected chi connectivity index (χ2v) is 3.43. The minimum absolute atomic E-state index is 0.0601. The molecule has 1 aromatic rings. The fourth-order valence-electron chi connectivity index (χ4n) is 0.902. The van der Waals surface area contributed by atoms with Gasteiger partial charge in [-0.2, -0.15) is 0 Å². The van der Waals surface area contributed by atoms with Crippen molar-refractivity contribution in [2.24, 2.45) is 0 Å². The van der Waals surface area contributed by atoms with Crippen molar-refractivity contribution in [3.63, 3.8) is 0 Å². The molecule has 64 valence electrons. The molecule has 1 N–H and O–H groups in total. The first-order valence-corrected chi connectivity index (χ1v) is 4.43. The second-order valence-electron chi connectivity index (χ2n) is 2.52. The van der Waals surface area contributed by atoms with Crippen LogP contribution in [0.5, 0.6) is 0 Å². The molecule has 0 radical (unpaired) electrons. The number of hydrogen-bond acceptors (Lipinski definition) is 1. The molecule has 0 saturated carbocycles. The fourth-order valence-corrected chi connectivity index (χ4v) is 1.13. The van der Waals surface area contributed by atoms with Crippen LogP contribution >= 0.6 is 23.8 Å². The first kappa shape index (κ1) is 9.49. The van der Waals surface area contributed by atoms with Crippen LogP contribution in [0.1, 0.15) is 12.0 Å². The van der Waals surface area contributed by atoms with E-state index in [0.29, 0.717) is 6.42 Å². The summed E-state index contributed by atoms with van der Waals surface area (Å²) in [6.45, 7) is 0. The minimum atomic E-state index is 0.0601. The molecule has 3 heteroatoms. The Labute approximate surface area is 82.0 Å². The molecule has 0 fully saturated rings. The van der Waals surface area contributed by atoms with Crippen LogP contribution in [0.25, 0.3) is 0 Å². The monoisotopic (exact) mass is 200 g/mol. The Balaban J connectivity index is 2.53. The van der Waals surface area contributed by atoms with Crippen molar-refractivity contribution in [1.82, 2.24) is 0 Å². The summed E-state index contributed by atoms with van der Waals surface area (Å²) in [5.74, 6) is 0. The highest BCUT2D eigenvalue weighted by Gasteiger charge is 1.95. The van der Waals surface area contributed by atoms with Gasteiger partial charge in [-0.15, -0.1) is 0 Å². The fraction of sp³-hybridized carbons (Fsp3) is 0.222. The Morgan fingerprint density at radius 1 is 1.33 bits per heavy atom. The van der Waals surface area contributed by atoms with Gasteiger partial charge >= 0.3 is 0 Å². The van der Waals surface area contributed by atoms with Gasteiger partial charge in [-0.3, -0.25) is 0 Å². The van der Waals surface area contributed by atoms with Gasteiger partial charge in [0.15, 0.2) is 5.05 Å². The summed E-state index contributed by atoms with van der Waals surface area (Å²) in [6.07, 6.45) is 1.31. The molecule has 0 unspecified atom stereocenters. The highest BCUT2D eigenvalue weighted by atomic mass is 35.5. The van der Waals surface area contributed by atoms with Crippen LogP contribution in [0.15, 0.2) is 24.3 Å². The van der Waals surface area contributed by atoms with Crippen LogP contribution in [0, 0.1) is 0 Å². The molecule has 0 heterocycles. The van der Waals surface area contributed by atoms with Gasteiger partial charge in [-0.05, 0) is 36.3 Å². The van der Waals surface area contributed by atoms with Crippen LogP contribution in [0.4, 0.5) is 0 Å². The Bertz CT molecular complexity index is 268. The number of aliphatic hydroxyl groups excluding tert-OH is 1. The van der Waals surface area contributed by atoms with E-state index in [-0.39, 0.29) is 5.05 Å². The maximum atomic E-state index is 8.77. The lowest BCUT2D eigenvalue weighted by Gasteiger charge is -1.98. The van der Waals surface area contributed by atoms with Crippen molar-refractivity contribution in [3.8, 4) is 0 Å². The average Bonchev–Trinajstić information content (AvgIpc) is 2.03. The van der Waals surface area contributed by atoms with Gasteiger partial charge in [0.05, 0.1) is 0 Å². The lowest BCUT2D eigenvalue weighted by atomic mass is 10.1. The second kappa shape index (κ2) is 4.43. The summed E-state index contributed by atoms with van der Waals surface area (Å²) in [6, 6.07) is 7.52. The Morgan fingerprint density at radius 2 is 1.92 bits per heavy atom. The largest absolute Gasteiger partial charge is 0.502 e. The highest BCUT2D eigenvalue weighted by Crippen LogP contribution is 2.10. The van der Waals surface area contributed by atoms with Gasteiger partial charge in [-0.25, -0.2) is 0 Å². The van der Waals surface area contributed by atoms with Crippen LogP contribution in [0.3, 0.4) is 0 Å². The molecule has 0 amide bonds. The van der Waals surface area contributed by atoms with Crippen molar-refractivity contribution in [2.75, 3.05) is 0 Å². The number of aliphatic hydroxyl groups is 1. The molecular weight excluding hydrogens is 192 g/mol. The van der Waals surface area contributed by atoms with E-state index >= 15 is 0 Å². The Hall–Kier alpha value is -0.600. The topological polar surface area (TPSA) is 20.2 Å². The molecule has 0 aliphatic carbocycles. The molecule has 1 rings (SSSR count). The summed E-state index contributed by atoms with van der Waals surface area (Å²) in [5, 5.41) is 9.56. The number of aryl methyl sites for hydroxylation is 1. The van der Waals surface area contributed by atoms with E-state index in [1.54, 1.807) is 0 Å². The lowest BCUT2D eigenvalue weighted by molar-refractivity contribution is 0.548. The van der Waals surface area contributed by atoms with Crippen LogP contribution < -0.4 is 0 Å². The lowest BCUT2D eigenvalue weighted by Crippen LogP contribution is -1.94. The predicted octanol–water partition coefficient (Wildman–Crippen LogP) is 3.16. The van der Waals surface area contributed by atoms with Gasteiger partial charge in [0, 0.05) is 11.4 Å². The standard InChI is InChI=1S/C9H9ClOS/c10-8-4-1-7(2-5-8)3-6-9(11)12/h1-2,4-5H,3,6H2,(H,11,12). The molecule has 0 bridgehead atoms. The zero-order valence-electron chi connectivity index (χ0n) is 6.46. The Morgan fingerprint density at radius 3 is 2.42 bits per heavy atom. The summed E-state index contributed by atoms with van der Waals surface area (Å²) >= 11 is 10.2. The van der Waals surface area contributed by atoms with Crippen molar-refractivity contribution in [3.05, 3.63) is 34.9 Å². The number of rotatable bonds is 3. The number of benzene rings is 1. The van der Waals surface area contributed by atoms with Crippen LogP contribution in [0.2, 0.25) is 5.02 Å². The maximum absolute atomic E-state index is 8.77. The molecule has 0 aromatic heterocycles. The molecule has 0 aliphatic rings. The van der Waals surface area contributed by atoms with Crippen molar-refractivity contribution in [1.29, 1.82) is 0 Å². The van der Waals surface area contributed by atoms with Gasteiger partial charge in [0.25, 0.3) is 0 Å². The number of thiocarbonyl (C=S) groups is 1. The first-order valence-electron chi connectivity index (χ1n) is 3.65. The highest BCUT2D eigenvalue weighted by molar-refractivity contribution is 7.80. The van der Waals surface area contributed by atoms with E-state index in [2.05, 4.69) is 12.2 Å². The smallest absolute Gasteiger partial charge is 0.156 e. The molecule has 0 atom stereocenters. The van der Waals surface area contributed by atoms with Crippen LogP contribution in [-0.4, -0.2) is 10.2 Å². The normalized spacial score (nSPS) is 9.75. The van der Waals surface area contributed by atoms with Gasteiger partial charge in [-0.1, -0.05) is 23.7 Å². The quantitative estimate of drug-likeness (QED) is 0.757. The third kappa shape index (κ3) is 3.20. The summed E-state index contributed by atoms with van der Waals surface area (Å²) in [5.41, 5.74) is 1.14. The van der Waals surface area contributed by atoms with Crippen molar-refractivity contribution >= 4 is 28.9 Å². The summed E-state index contributed by atoms with van der Waals surface area (Å²) < 4.78 is 0. The molecule has 0 aliphatic heterocycles. The van der Waals surface area contributed by atoms with E-state index in [9.17, 15) is 0 Å². The third-order valence-corrected chi connectivity index (χ3v) is 2.00. The zero-order chi connectivity index (χ0) is 8.97. The number of halogens is 1. The molecule has 0 spiro atoms. The van der Waals surface area contributed by atoms with E-state index in [0.717, 1.165) is 17.0 Å². The molecule has 1 aromatic carbocycles. The maximum Gasteiger partial charge on any atom is 0.156 e. The SMILES string of the molecule is OC(=S)CCc1ccc(Cl)cc1. The molecular formula is C9H9ClOS. The minimum Gasteiger partial charge on any atom is -0.502 e.